The number of carbonyl (C=O) groups excluding carboxylic acids is 3. The normalized spacial score (nSPS) is 35.8. The van der Waals surface area contributed by atoms with E-state index in [2.05, 4.69) is 39.9 Å². The van der Waals surface area contributed by atoms with Gasteiger partial charge in [-0.05, 0) is 128 Å². The van der Waals surface area contributed by atoms with Crippen molar-refractivity contribution in [2.75, 3.05) is 6.54 Å². The van der Waals surface area contributed by atoms with Crippen molar-refractivity contribution in [3.8, 4) is 0 Å². The van der Waals surface area contributed by atoms with Gasteiger partial charge in [-0.3, -0.25) is 19.2 Å². The summed E-state index contributed by atoms with van der Waals surface area (Å²) < 4.78 is 46.2. The summed E-state index contributed by atoms with van der Waals surface area (Å²) in [6.07, 6.45) is 2.07. The topological polar surface area (TPSA) is 110 Å². The number of ether oxygens (including phenoxy) is 1. The number of Topliss-reactive ketones (excluding diaryl/α,β-unsaturated/α-hetero) is 2. The fourth-order valence-corrected chi connectivity index (χ4v) is 13.1. The number of carboxylic acids is 1. The Labute approximate surface area is 325 Å². The minimum Gasteiger partial charge on any atom is -0.481 e. The summed E-state index contributed by atoms with van der Waals surface area (Å²) in [6, 6.07) is 5.15. The van der Waals surface area contributed by atoms with Gasteiger partial charge < -0.3 is 15.2 Å². The largest absolute Gasteiger partial charge is 0.481 e. The van der Waals surface area contributed by atoms with E-state index in [0.717, 1.165) is 61.8 Å². The van der Waals surface area contributed by atoms with E-state index in [-0.39, 0.29) is 77.1 Å². The molecule has 0 saturated heterocycles. The number of allylic oxidation sites excluding steroid dienone is 2. The van der Waals surface area contributed by atoms with E-state index in [0.29, 0.717) is 30.2 Å². The highest BCUT2D eigenvalue weighted by atomic mass is 19.4. The summed E-state index contributed by atoms with van der Waals surface area (Å²) in [6.45, 7) is 19.1. The van der Waals surface area contributed by atoms with Gasteiger partial charge in [-0.15, -0.1) is 0 Å². The Hall–Kier alpha value is -3.01. The summed E-state index contributed by atoms with van der Waals surface area (Å²) in [5.74, 6) is -0.743. The fourth-order valence-electron chi connectivity index (χ4n) is 13.1. The third-order valence-electron chi connectivity index (χ3n) is 16.2. The average molecular weight is 770 g/mol. The van der Waals surface area contributed by atoms with Crippen LogP contribution in [0, 0.1) is 56.2 Å². The predicted molar refractivity (Wildman–Crippen MR) is 204 cm³/mol. The lowest BCUT2D eigenvalue weighted by molar-refractivity contribution is -0.233. The lowest BCUT2D eigenvalue weighted by Gasteiger charge is -2.72. The third kappa shape index (κ3) is 6.62. The second kappa shape index (κ2) is 13.8. The Kier molecular flexibility index (Phi) is 10.5. The molecule has 8 atom stereocenters. The first-order valence-electron chi connectivity index (χ1n) is 20.5. The van der Waals surface area contributed by atoms with Crippen molar-refractivity contribution in [2.24, 2.45) is 56.2 Å². The number of carbonyl (C=O) groups is 4. The van der Waals surface area contributed by atoms with Crippen molar-refractivity contribution in [1.29, 1.82) is 0 Å². The summed E-state index contributed by atoms with van der Waals surface area (Å²) >= 11 is 0. The molecule has 0 aromatic heterocycles. The molecular formula is C45H62F3NO6. The maximum absolute atomic E-state index is 14.5. The van der Waals surface area contributed by atoms with E-state index < -0.39 is 34.5 Å². The van der Waals surface area contributed by atoms with Crippen LogP contribution in [0.2, 0.25) is 0 Å². The van der Waals surface area contributed by atoms with E-state index in [1.807, 2.05) is 13.8 Å². The monoisotopic (exact) mass is 769 g/mol. The highest BCUT2D eigenvalue weighted by molar-refractivity contribution is 6.07. The van der Waals surface area contributed by atoms with E-state index in [4.69, 9.17) is 4.74 Å². The van der Waals surface area contributed by atoms with Gasteiger partial charge in [0.15, 0.2) is 11.6 Å². The first kappa shape index (κ1) is 41.6. The number of esters is 1. The number of ketones is 2. The van der Waals surface area contributed by atoms with Crippen LogP contribution in [0.3, 0.4) is 0 Å². The van der Waals surface area contributed by atoms with Gasteiger partial charge in [0.25, 0.3) is 0 Å². The van der Waals surface area contributed by atoms with Crippen LogP contribution in [0.1, 0.15) is 138 Å². The van der Waals surface area contributed by atoms with E-state index in [1.54, 1.807) is 19.9 Å². The van der Waals surface area contributed by atoms with Crippen molar-refractivity contribution in [2.45, 2.75) is 145 Å². The summed E-state index contributed by atoms with van der Waals surface area (Å²) in [5, 5.41) is 12.7. The molecule has 10 heteroatoms. The molecule has 5 aliphatic carbocycles. The Morgan fingerprint density at radius 2 is 1.62 bits per heavy atom. The lowest BCUT2D eigenvalue weighted by Crippen LogP contribution is -2.66. The lowest BCUT2D eigenvalue weighted by atomic mass is 9.33. The van der Waals surface area contributed by atoms with E-state index >= 15 is 0 Å². The summed E-state index contributed by atoms with van der Waals surface area (Å²) in [5.41, 5.74) is -1.06. The average Bonchev–Trinajstić information content (AvgIpc) is 3.39. The van der Waals surface area contributed by atoms with Crippen molar-refractivity contribution >= 4 is 23.5 Å². The van der Waals surface area contributed by atoms with Gasteiger partial charge in [0, 0.05) is 18.4 Å². The van der Waals surface area contributed by atoms with Crippen LogP contribution in [0.15, 0.2) is 35.4 Å². The fraction of sp³-hybridized carbons (Fsp3) is 0.733. The minimum absolute atomic E-state index is 0.0178. The number of alkyl halides is 3. The molecule has 0 aliphatic heterocycles. The Balaban J connectivity index is 1.25. The molecule has 1 aromatic rings. The molecular weight excluding hydrogens is 707 g/mol. The zero-order valence-corrected chi connectivity index (χ0v) is 34.3. The maximum Gasteiger partial charge on any atom is 0.416 e. The van der Waals surface area contributed by atoms with Gasteiger partial charge in [-0.25, -0.2) is 0 Å². The van der Waals surface area contributed by atoms with Gasteiger partial charge in [0.05, 0.1) is 29.4 Å². The zero-order chi connectivity index (χ0) is 40.7. The van der Waals surface area contributed by atoms with Gasteiger partial charge >= 0.3 is 18.1 Å². The Morgan fingerprint density at radius 3 is 2.25 bits per heavy atom. The van der Waals surface area contributed by atoms with Crippen molar-refractivity contribution in [1.82, 2.24) is 5.32 Å². The molecule has 0 heterocycles. The first-order valence-corrected chi connectivity index (χ1v) is 20.5. The minimum atomic E-state index is -4.45. The standard InChI is InChI=1S/C45H62F3NO6/c1-26(2)36-30(50)22-44(33(51)25-49-24-27-11-10-12-28(21-27)45(46,47)48)20-19-42(8)29(37(36)44)13-14-32-41(7)17-16-34(55-35(52)23-39(3,4)38(53)54)40(5,6)31(41)15-18-43(32,42)9/h10-12,21,26,29,31-32,34,49H,13-20,22-25H2,1-9H3,(H,53,54)/t29-,31+,32-,34+,41+,42-,43-,44+/m1/s1. The summed E-state index contributed by atoms with van der Waals surface area (Å²) in [4.78, 5) is 53.3. The number of benzene rings is 1. The number of hydrogen-bond acceptors (Lipinski definition) is 6. The quantitative estimate of drug-likeness (QED) is 0.228. The molecule has 0 amide bonds. The molecule has 5 aliphatic rings. The molecule has 0 unspecified atom stereocenters. The molecule has 2 N–H and O–H groups in total. The van der Waals surface area contributed by atoms with Gasteiger partial charge in [-0.1, -0.05) is 66.7 Å². The number of halogens is 3. The van der Waals surface area contributed by atoms with Crippen LogP contribution in [-0.2, 0) is 36.6 Å². The Bertz CT molecular complexity index is 1780. The smallest absolute Gasteiger partial charge is 0.416 e. The van der Waals surface area contributed by atoms with Crippen LogP contribution in [0.5, 0.6) is 0 Å². The highest BCUT2D eigenvalue weighted by Crippen LogP contribution is 2.76. The Morgan fingerprint density at radius 1 is 0.927 bits per heavy atom. The highest BCUT2D eigenvalue weighted by Gasteiger charge is 2.71. The first-order chi connectivity index (χ1) is 25.3. The van der Waals surface area contributed by atoms with Gasteiger partial charge in [0.1, 0.15) is 6.10 Å². The zero-order valence-electron chi connectivity index (χ0n) is 34.3. The summed E-state index contributed by atoms with van der Waals surface area (Å²) in [7, 11) is 0. The molecule has 1 aromatic carbocycles. The van der Waals surface area contributed by atoms with Gasteiger partial charge in [-0.2, -0.15) is 13.2 Å². The maximum atomic E-state index is 14.5. The number of hydrogen-bond donors (Lipinski definition) is 2. The number of aliphatic carboxylic acids is 1. The molecule has 7 nitrogen and oxygen atoms in total. The molecule has 0 spiro atoms. The molecule has 0 bridgehead atoms. The second-order valence-corrected chi connectivity index (χ2v) is 20.2. The molecule has 0 radical (unpaired) electrons. The SMILES string of the molecule is CC(C)C1=C2[C@H]3CC[C@@H]4[C@@]5(C)CC[C@H](OC(=O)CC(C)(C)C(=O)O)C(C)(C)[C@@H]5CC[C@@]4(C)[C@]3(C)CC[C@@]2(C(=O)CNCc2cccc(C(F)(F)F)c2)CC1=O. The number of carboxylic acid groups (broad SMARTS) is 1. The number of nitrogens with one attached hydrogen (secondary N) is 1. The predicted octanol–water partition coefficient (Wildman–Crippen LogP) is 9.76. The van der Waals surface area contributed by atoms with Gasteiger partial charge in [0.2, 0.25) is 0 Å². The molecule has 6 rings (SSSR count). The van der Waals surface area contributed by atoms with Crippen LogP contribution in [0.4, 0.5) is 13.2 Å². The van der Waals surface area contributed by atoms with Crippen molar-refractivity contribution in [3.05, 3.63) is 46.5 Å². The molecule has 4 saturated carbocycles. The van der Waals surface area contributed by atoms with Crippen LogP contribution in [-0.4, -0.2) is 41.3 Å². The van der Waals surface area contributed by atoms with Crippen LogP contribution in [0.25, 0.3) is 0 Å². The molecule has 55 heavy (non-hydrogen) atoms. The van der Waals surface area contributed by atoms with Crippen molar-refractivity contribution < 1.29 is 42.2 Å². The third-order valence-corrected chi connectivity index (χ3v) is 16.2. The van der Waals surface area contributed by atoms with E-state index in [1.165, 1.54) is 6.07 Å². The van der Waals surface area contributed by atoms with Crippen molar-refractivity contribution in [3.63, 3.8) is 0 Å². The molecule has 304 valence electrons. The van der Waals surface area contributed by atoms with Crippen LogP contribution >= 0.6 is 0 Å². The van der Waals surface area contributed by atoms with Crippen LogP contribution < -0.4 is 5.32 Å². The molecule has 4 fully saturated rings. The number of fused-ring (bicyclic) bond motifs is 7. The second-order valence-electron chi connectivity index (χ2n) is 20.2. The number of rotatable bonds is 10. The van der Waals surface area contributed by atoms with E-state index in [9.17, 15) is 37.5 Å².